The molecule has 0 radical (unpaired) electrons. The SMILES string of the molecule is CCc1nnc(NC(=O)CC2COCCN2)s1.Cl. The predicted octanol–water partition coefficient (Wildman–Crippen LogP) is 0.839. The number of morpholine rings is 1. The van der Waals surface area contributed by atoms with Crippen LogP contribution in [0, 0.1) is 0 Å². The zero-order valence-corrected chi connectivity index (χ0v) is 11.8. The van der Waals surface area contributed by atoms with Gasteiger partial charge in [-0.05, 0) is 6.42 Å². The number of aromatic nitrogens is 2. The fraction of sp³-hybridized carbons (Fsp3) is 0.700. The third-order valence-corrected chi connectivity index (χ3v) is 3.43. The Balaban J connectivity index is 0.00000162. The maximum Gasteiger partial charge on any atom is 0.227 e. The summed E-state index contributed by atoms with van der Waals surface area (Å²) < 4.78 is 5.29. The minimum Gasteiger partial charge on any atom is -0.378 e. The molecule has 8 heteroatoms. The number of nitrogens with one attached hydrogen (secondary N) is 2. The third-order valence-electron chi connectivity index (χ3n) is 2.45. The number of anilines is 1. The van der Waals surface area contributed by atoms with E-state index in [1.165, 1.54) is 11.3 Å². The van der Waals surface area contributed by atoms with Gasteiger partial charge in [-0.3, -0.25) is 4.79 Å². The number of hydrogen-bond donors (Lipinski definition) is 2. The quantitative estimate of drug-likeness (QED) is 0.860. The first-order valence-corrected chi connectivity index (χ1v) is 6.53. The number of carbonyl (C=O) groups is 1. The van der Waals surface area contributed by atoms with Crippen LogP contribution in [0.2, 0.25) is 0 Å². The summed E-state index contributed by atoms with van der Waals surface area (Å²) in [5, 5.41) is 15.3. The molecule has 1 amide bonds. The number of rotatable bonds is 4. The van der Waals surface area contributed by atoms with Crippen LogP contribution in [0.4, 0.5) is 5.13 Å². The minimum atomic E-state index is -0.0493. The standard InChI is InChI=1S/C10H16N4O2S.ClH/c1-2-9-13-14-10(17-9)12-8(15)5-7-6-16-4-3-11-7;/h7,11H,2-6H2,1H3,(H,12,14,15);1H. The molecule has 0 bridgehead atoms. The molecular weight excluding hydrogens is 276 g/mol. The molecule has 0 aliphatic carbocycles. The molecule has 6 nitrogen and oxygen atoms in total. The molecule has 0 aromatic carbocycles. The van der Waals surface area contributed by atoms with Crippen LogP contribution in [0.25, 0.3) is 0 Å². The van der Waals surface area contributed by atoms with Crippen LogP contribution in [0.5, 0.6) is 0 Å². The molecule has 1 unspecified atom stereocenters. The molecule has 0 spiro atoms. The first kappa shape index (κ1) is 15.3. The highest BCUT2D eigenvalue weighted by atomic mass is 35.5. The number of hydrogen-bond acceptors (Lipinski definition) is 6. The van der Waals surface area contributed by atoms with Crippen molar-refractivity contribution in [3.05, 3.63) is 5.01 Å². The van der Waals surface area contributed by atoms with Gasteiger partial charge in [-0.1, -0.05) is 18.3 Å². The Morgan fingerprint density at radius 2 is 2.44 bits per heavy atom. The van der Waals surface area contributed by atoms with Gasteiger partial charge in [0.15, 0.2) is 0 Å². The van der Waals surface area contributed by atoms with Crippen molar-refractivity contribution in [3.63, 3.8) is 0 Å². The molecule has 1 aliphatic rings. The zero-order valence-electron chi connectivity index (χ0n) is 10.1. The van der Waals surface area contributed by atoms with Crippen molar-refractivity contribution >= 4 is 34.8 Å². The second-order valence-corrected chi connectivity index (χ2v) is 4.89. The van der Waals surface area contributed by atoms with E-state index in [0.29, 0.717) is 24.8 Å². The second-order valence-electron chi connectivity index (χ2n) is 3.83. The van der Waals surface area contributed by atoms with E-state index in [2.05, 4.69) is 20.8 Å². The largest absolute Gasteiger partial charge is 0.378 e. The Bertz CT molecular complexity index is 382. The van der Waals surface area contributed by atoms with Crippen molar-refractivity contribution in [2.24, 2.45) is 0 Å². The van der Waals surface area contributed by atoms with Gasteiger partial charge in [-0.2, -0.15) is 0 Å². The van der Waals surface area contributed by atoms with E-state index in [-0.39, 0.29) is 24.4 Å². The Kier molecular flexibility index (Phi) is 6.48. The Labute approximate surface area is 116 Å². The average Bonchev–Trinajstić information content (AvgIpc) is 2.78. The summed E-state index contributed by atoms with van der Waals surface area (Å²) in [6, 6.07) is 0.0994. The number of carbonyl (C=O) groups excluding carboxylic acids is 1. The molecule has 1 saturated heterocycles. The normalized spacial score (nSPS) is 19.1. The van der Waals surface area contributed by atoms with Gasteiger partial charge in [0, 0.05) is 19.0 Å². The first-order chi connectivity index (χ1) is 8.28. The lowest BCUT2D eigenvalue weighted by molar-refractivity contribution is -0.117. The van der Waals surface area contributed by atoms with Gasteiger partial charge < -0.3 is 15.4 Å². The number of halogens is 1. The van der Waals surface area contributed by atoms with Crippen molar-refractivity contribution in [2.75, 3.05) is 25.1 Å². The molecule has 1 aromatic rings. The molecule has 1 aliphatic heterocycles. The third kappa shape index (κ3) is 4.49. The second kappa shape index (κ2) is 7.63. The van der Waals surface area contributed by atoms with Crippen molar-refractivity contribution in [2.45, 2.75) is 25.8 Å². The molecular formula is C10H17ClN4O2S. The van der Waals surface area contributed by atoms with E-state index < -0.39 is 0 Å². The van der Waals surface area contributed by atoms with E-state index in [4.69, 9.17) is 4.74 Å². The smallest absolute Gasteiger partial charge is 0.227 e. The van der Waals surface area contributed by atoms with Gasteiger partial charge in [0.1, 0.15) is 5.01 Å². The number of nitrogens with zero attached hydrogens (tertiary/aromatic N) is 2. The number of amides is 1. The van der Waals surface area contributed by atoms with Crippen LogP contribution in [0.15, 0.2) is 0 Å². The maximum absolute atomic E-state index is 11.7. The molecule has 102 valence electrons. The van der Waals surface area contributed by atoms with Gasteiger partial charge in [0.2, 0.25) is 11.0 Å². The van der Waals surface area contributed by atoms with E-state index in [9.17, 15) is 4.79 Å². The summed E-state index contributed by atoms with van der Waals surface area (Å²) in [7, 11) is 0. The first-order valence-electron chi connectivity index (χ1n) is 5.71. The molecule has 2 N–H and O–H groups in total. The summed E-state index contributed by atoms with van der Waals surface area (Å²) in [5.41, 5.74) is 0. The highest BCUT2D eigenvalue weighted by Crippen LogP contribution is 2.15. The predicted molar refractivity (Wildman–Crippen MR) is 72.4 cm³/mol. The highest BCUT2D eigenvalue weighted by Gasteiger charge is 2.17. The molecule has 18 heavy (non-hydrogen) atoms. The summed E-state index contributed by atoms with van der Waals surface area (Å²) in [6.45, 7) is 4.12. The maximum atomic E-state index is 11.7. The van der Waals surface area contributed by atoms with Crippen LogP contribution in [-0.2, 0) is 16.0 Å². The fourth-order valence-corrected chi connectivity index (χ4v) is 2.29. The van der Waals surface area contributed by atoms with Gasteiger partial charge in [0.05, 0.1) is 13.2 Å². The van der Waals surface area contributed by atoms with Gasteiger partial charge in [-0.25, -0.2) is 0 Å². The zero-order chi connectivity index (χ0) is 12.1. The van der Waals surface area contributed by atoms with E-state index in [0.717, 1.165) is 18.0 Å². The van der Waals surface area contributed by atoms with Gasteiger partial charge in [0.25, 0.3) is 0 Å². The molecule has 0 saturated carbocycles. The summed E-state index contributed by atoms with van der Waals surface area (Å²) >= 11 is 1.42. The van der Waals surface area contributed by atoms with Crippen molar-refractivity contribution < 1.29 is 9.53 Å². The monoisotopic (exact) mass is 292 g/mol. The van der Waals surface area contributed by atoms with Crippen molar-refractivity contribution in [3.8, 4) is 0 Å². The molecule has 1 fully saturated rings. The number of aryl methyl sites for hydroxylation is 1. The fourth-order valence-electron chi connectivity index (χ4n) is 1.59. The molecule has 2 rings (SSSR count). The van der Waals surface area contributed by atoms with Crippen LogP contribution in [0.1, 0.15) is 18.4 Å². The van der Waals surface area contributed by atoms with E-state index in [1.54, 1.807) is 0 Å². The lowest BCUT2D eigenvalue weighted by atomic mass is 10.2. The number of ether oxygens (including phenoxy) is 1. The molecule has 2 heterocycles. The summed E-state index contributed by atoms with van der Waals surface area (Å²) in [5.74, 6) is -0.0493. The van der Waals surface area contributed by atoms with Gasteiger partial charge in [-0.15, -0.1) is 22.6 Å². The summed E-state index contributed by atoms with van der Waals surface area (Å²) in [4.78, 5) is 11.7. The van der Waals surface area contributed by atoms with Crippen LogP contribution < -0.4 is 10.6 Å². The molecule has 1 atom stereocenters. The lowest BCUT2D eigenvalue weighted by Crippen LogP contribution is -2.43. The Morgan fingerprint density at radius 1 is 1.61 bits per heavy atom. The molecule has 1 aromatic heterocycles. The van der Waals surface area contributed by atoms with Crippen LogP contribution in [-0.4, -0.2) is 41.9 Å². The van der Waals surface area contributed by atoms with E-state index in [1.807, 2.05) is 6.92 Å². The van der Waals surface area contributed by atoms with Crippen molar-refractivity contribution in [1.29, 1.82) is 0 Å². The minimum absolute atomic E-state index is 0. The van der Waals surface area contributed by atoms with Crippen molar-refractivity contribution in [1.82, 2.24) is 15.5 Å². The highest BCUT2D eigenvalue weighted by molar-refractivity contribution is 7.15. The Morgan fingerprint density at radius 3 is 3.06 bits per heavy atom. The van der Waals surface area contributed by atoms with Crippen LogP contribution in [0.3, 0.4) is 0 Å². The average molecular weight is 293 g/mol. The van der Waals surface area contributed by atoms with E-state index >= 15 is 0 Å². The Hall–Kier alpha value is -0.760. The van der Waals surface area contributed by atoms with Crippen LogP contribution >= 0.6 is 23.7 Å². The summed E-state index contributed by atoms with van der Waals surface area (Å²) in [6.07, 6.45) is 1.24. The topological polar surface area (TPSA) is 76.1 Å². The lowest BCUT2D eigenvalue weighted by Gasteiger charge is -2.22. The van der Waals surface area contributed by atoms with Gasteiger partial charge >= 0.3 is 0 Å².